The molecule has 0 bridgehead atoms. The summed E-state index contributed by atoms with van der Waals surface area (Å²) in [5.41, 5.74) is 3.62. The summed E-state index contributed by atoms with van der Waals surface area (Å²) >= 11 is 0. The van der Waals surface area contributed by atoms with Crippen LogP contribution in [0.1, 0.15) is 30.4 Å². The van der Waals surface area contributed by atoms with Crippen molar-refractivity contribution in [3.05, 3.63) is 65.7 Å². The van der Waals surface area contributed by atoms with E-state index in [4.69, 9.17) is 0 Å². The van der Waals surface area contributed by atoms with Crippen molar-refractivity contribution < 1.29 is 14.7 Å². The lowest BCUT2D eigenvalue weighted by Gasteiger charge is -2.22. The summed E-state index contributed by atoms with van der Waals surface area (Å²) in [6.07, 6.45) is 2.41. The van der Waals surface area contributed by atoms with E-state index in [0.29, 0.717) is 30.1 Å². The molecule has 2 amide bonds. The third-order valence-corrected chi connectivity index (χ3v) is 5.95. The zero-order valence-electron chi connectivity index (χ0n) is 18.5. The number of phenolic OH excluding ortho intramolecular Hbond substituents is 1. The van der Waals surface area contributed by atoms with Crippen molar-refractivity contribution in [1.29, 1.82) is 0 Å². The lowest BCUT2D eigenvalue weighted by Crippen LogP contribution is -2.37. The number of aryl methyl sites for hydroxylation is 2. The summed E-state index contributed by atoms with van der Waals surface area (Å²) in [6, 6.07) is 17.0. The average molecular weight is 432 g/mol. The first-order valence-corrected chi connectivity index (χ1v) is 11.0. The Morgan fingerprint density at radius 3 is 2.28 bits per heavy atom. The number of fused-ring (bicyclic) bond motifs is 1. The van der Waals surface area contributed by atoms with Gasteiger partial charge in [-0.05, 0) is 49.9 Å². The van der Waals surface area contributed by atoms with Crippen LogP contribution < -0.4 is 10.6 Å². The highest BCUT2D eigenvalue weighted by Gasteiger charge is 2.30. The Kier molecular flexibility index (Phi) is 6.42. The molecule has 0 atom stereocenters. The summed E-state index contributed by atoms with van der Waals surface area (Å²) < 4.78 is 0. The van der Waals surface area contributed by atoms with Crippen LogP contribution in [-0.2, 0) is 9.59 Å². The molecular weight excluding hydrogens is 402 g/mol. The summed E-state index contributed by atoms with van der Waals surface area (Å²) in [5, 5.41) is 17.5. The van der Waals surface area contributed by atoms with E-state index in [-0.39, 0.29) is 24.1 Å². The normalized spacial score (nSPS) is 13.3. The molecule has 3 aromatic rings. The molecule has 0 saturated heterocycles. The minimum atomic E-state index is -0.110. The van der Waals surface area contributed by atoms with Gasteiger partial charge in [-0.15, -0.1) is 0 Å². The summed E-state index contributed by atoms with van der Waals surface area (Å²) in [4.78, 5) is 27.4. The van der Waals surface area contributed by atoms with E-state index in [9.17, 15) is 14.7 Å². The monoisotopic (exact) mass is 431 g/mol. The highest BCUT2D eigenvalue weighted by molar-refractivity contribution is 6.04. The molecule has 32 heavy (non-hydrogen) atoms. The zero-order chi connectivity index (χ0) is 22.7. The predicted octanol–water partition coefficient (Wildman–Crippen LogP) is 4.59. The van der Waals surface area contributed by atoms with Gasteiger partial charge in [-0.25, -0.2) is 0 Å². The van der Waals surface area contributed by atoms with Gasteiger partial charge in [0.1, 0.15) is 5.75 Å². The molecule has 6 heteroatoms. The van der Waals surface area contributed by atoms with Crippen molar-refractivity contribution >= 4 is 34.0 Å². The van der Waals surface area contributed by atoms with Gasteiger partial charge in [0.05, 0.1) is 6.54 Å². The Labute approximate surface area is 188 Å². The lowest BCUT2D eigenvalue weighted by atomic mass is 10.1. The van der Waals surface area contributed by atoms with Crippen molar-refractivity contribution in [1.82, 2.24) is 4.90 Å². The van der Waals surface area contributed by atoms with Gasteiger partial charge in [-0.2, -0.15) is 0 Å². The third-order valence-electron chi connectivity index (χ3n) is 5.95. The highest BCUT2D eigenvalue weighted by atomic mass is 16.3. The van der Waals surface area contributed by atoms with Crippen LogP contribution in [0.15, 0.2) is 54.6 Å². The molecule has 1 fully saturated rings. The van der Waals surface area contributed by atoms with Gasteiger partial charge in [0.25, 0.3) is 0 Å². The fourth-order valence-electron chi connectivity index (χ4n) is 4.07. The standard InChI is InChI=1S/C26H29N3O3/c1-17-6-3-7-18(2)26(17)28-25(32)16-29(19-12-13-19)15-14-24(31)27-22-10-4-9-21-20(22)8-5-11-23(21)30/h3-11,19,30H,12-16H2,1-2H3,(H,27,31)(H,28,32). The van der Waals surface area contributed by atoms with Crippen molar-refractivity contribution in [2.24, 2.45) is 0 Å². The minimum Gasteiger partial charge on any atom is -0.507 e. The molecule has 1 aliphatic carbocycles. The molecule has 0 heterocycles. The van der Waals surface area contributed by atoms with Crippen molar-refractivity contribution in [2.75, 3.05) is 23.7 Å². The molecule has 3 aromatic carbocycles. The predicted molar refractivity (Wildman–Crippen MR) is 128 cm³/mol. The molecule has 0 aliphatic heterocycles. The lowest BCUT2D eigenvalue weighted by molar-refractivity contribution is -0.119. The van der Waals surface area contributed by atoms with Crippen molar-refractivity contribution in [3.63, 3.8) is 0 Å². The van der Waals surface area contributed by atoms with Crippen LogP contribution >= 0.6 is 0 Å². The van der Waals surface area contributed by atoms with Gasteiger partial charge in [0.2, 0.25) is 11.8 Å². The van der Waals surface area contributed by atoms with Gasteiger partial charge in [0.15, 0.2) is 0 Å². The van der Waals surface area contributed by atoms with Crippen LogP contribution in [0, 0.1) is 13.8 Å². The van der Waals surface area contributed by atoms with Gasteiger partial charge >= 0.3 is 0 Å². The number of hydrogen-bond acceptors (Lipinski definition) is 4. The van der Waals surface area contributed by atoms with Gasteiger partial charge in [0, 0.05) is 41.2 Å². The molecule has 3 N–H and O–H groups in total. The maximum atomic E-state index is 12.7. The van der Waals surface area contributed by atoms with Crippen molar-refractivity contribution in [3.8, 4) is 5.75 Å². The number of hydrogen-bond donors (Lipinski definition) is 3. The first-order chi connectivity index (χ1) is 15.4. The van der Waals surface area contributed by atoms with Crippen molar-refractivity contribution in [2.45, 2.75) is 39.2 Å². The molecule has 166 valence electrons. The van der Waals surface area contributed by atoms with Crippen LogP contribution in [0.4, 0.5) is 11.4 Å². The van der Waals surface area contributed by atoms with Crippen LogP contribution in [-0.4, -0.2) is 41.0 Å². The number of phenols is 1. The smallest absolute Gasteiger partial charge is 0.238 e. The Balaban J connectivity index is 1.36. The maximum absolute atomic E-state index is 12.7. The SMILES string of the molecule is Cc1cccc(C)c1NC(=O)CN(CCC(=O)Nc1cccc2c(O)cccc12)C1CC1. The van der Waals surface area contributed by atoms with E-state index in [2.05, 4.69) is 15.5 Å². The van der Waals surface area contributed by atoms with Crippen LogP contribution in [0.25, 0.3) is 10.8 Å². The quantitative estimate of drug-likeness (QED) is 0.487. The summed E-state index contributed by atoms with van der Waals surface area (Å²) in [5.74, 6) is 0.0225. The number of nitrogens with zero attached hydrogens (tertiary/aromatic N) is 1. The number of aromatic hydroxyl groups is 1. The molecule has 0 aromatic heterocycles. The van der Waals surface area contributed by atoms with Gasteiger partial charge in [-0.3, -0.25) is 14.5 Å². The molecule has 0 radical (unpaired) electrons. The first kappa shape index (κ1) is 21.8. The van der Waals surface area contributed by atoms with E-state index >= 15 is 0 Å². The largest absolute Gasteiger partial charge is 0.507 e. The second kappa shape index (κ2) is 9.40. The van der Waals surface area contributed by atoms with Crippen LogP contribution in [0.3, 0.4) is 0 Å². The highest BCUT2D eigenvalue weighted by Crippen LogP contribution is 2.30. The second-order valence-electron chi connectivity index (χ2n) is 8.49. The maximum Gasteiger partial charge on any atom is 0.238 e. The van der Waals surface area contributed by atoms with Crippen LogP contribution in [0.2, 0.25) is 0 Å². The molecule has 1 saturated carbocycles. The van der Waals surface area contributed by atoms with E-state index in [1.807, 2.05) is 56.3 Å². The second-order valence-corrected chi connectivity index (χ2v) is 8.49. The molecular formula is C26H29N3O3. The molecule has 4 rings (SSSR count). The Bertz CT molecular complexity index is 1130. The zero-order valence-corrected chi connectivity index (χ0v) is 18.5. The van der Waals surface area contributed by atoms with E-state index in [1.54, 1.807) is 12.1 Å². The Hall–Kier alpha value is -3.38. The number of benzene rings is 3. The number of carbonyl (C=O) groups excluding carboxylic acids is 2. The number of nitrogens with one attached hydrogen (secondary N) is 2. The number of anilines is 2. The molecule has 6 nitrogen and oxygen atoms in total. The summed E-state index contributed by atoms with van der Waals surface area (Å²) in [6.45, 7) is 4.76. The van der Waals surface area contributed by atoms with E-state index in [0.717, 1.165) is 35.0 Å². The van der Waals surface area contributed by atoms with Gasteiger partial charge < -0.3 is 15.7 Å². The fraction of sp³-hybridized carbons (Fsp3) is 0.308. The van der Waals surface area contributed by atoms with E-state index < -0.39 is 0 Å². The number of amides is 2. The Morgan fingerprint density at radius 2 is 1.56 bits per heavy atom. The Morgan fingerprint density at radius 1 is 0.906 bits per heavy atom. The molecule has 0 spiro atoms. The molecule has 1 aliphatic rings. The average Bonchev–Trinajstić information content (AvgIpc) is 3.60. The minimum absolute atomic E-state index is 0.0563. The van der Waals surface area contributed by atoms with Gasteiger partial charge in [-0.1, -0.05) is 42.5 Å². The summed E-state index contributed by atoms with van der Waals surface area (Å²) in [7, 11) is 0. The first-order valence-electron chi connectivity index (χ1n) is 11.0. The fourth-order valence-corrected chi connectivity index (χ4v) is 4.07. The van der Waals surface area contributed by atoms with Crippen LogP contribution in [0.5, 0.6) is 5.75 Å². The number of para-hydroxylation sites is 1. The number of rotatable bonds is 8. The van der Waals surface area contributed by atoms with E-state index in [1.165, 1.54) is 0 Å². The molecule has 0 unspecified atom stereocenters. The topological polar surface area (TPSA) is 81.7 Å². The number of carbonyl (C=O) groups is 2. The third kappa shape index (κ3) is 5.08.